The minimum absolute atomic E-state index is 0.118. The molecule has 8 rings (SSSR count). The van der Waals surface area contributed by atoms with Crippen LogP contribution in [0.4, 0.5) is 4.39 Å². The quantitative estimate of drug-likeness (QED) is 0.417. The van der Waals surface area contributed by atoms with Gasteiger partial charge in [-0.05, 0) is 80.6 Å². The molecule has 1 aromatic carbocycles. The van der Waals surface area contributed by atoms with Crippen molar-refractivity contribution in [3.8, 4) is 11.3 Å². The summed E-state index contributed by atoms with van der Waals surface area (Å²) in [5, 5.41) is 15.3. The molecule has 9 heteroatoms. The van der Waals surface area contributed by atoms with E-state index in [4.69, 9.17) is 0 Å². The van der Waals surface area contributed by atoms with Crippen LogP contribution in [0.25, 0.3) is 11.3 Å². The van der Waals surface area contributed by atoms with Gasteiger partial charge >= 0.3 is 0 Å². The summed E-state index contributed by atoms with van der Waals surface area (Å²) < 4.78 is 45.0. The fraction of sp³-hybridized carbons (Fsp3) is 0.690. The number of aromatic nitrogens is 2. The minimum Gasteiger partial charge on any atom is -0.392 e. The van der Waals surface area contributed by atoms with E-state index in [-0.39, 0.29) is 22.5 Å². The van der Waals surface area contributed by atoms with Gasteiger partial charge in [-0.3, -0.25) is 0 Å². The molecule has 7 nitrogen and oxygen atoms in total. The van der Waals surface area contributed by atoms with Crippen molar-refractivity contribution in [3.63, 3.8) is 0 Å². The van der Waals surface area contributed by atoms with Crippen molar-refractivity contribution in [2.75, 3.05) is 13.1 Å². The first-order valence-corrected chi connectivity index (χ1v) is 16.1. The molecule has 3 N–H and O–H groups in total. The summed E-state index contributed by atoms with van der Waals surface area (Å²) in [7, 11) is -3.21. The van der Waals surface area contributed by atoms with Gasteiger partial charge in [-0.25, -0.2) is 22.5 Å². The van der Waals surface area contributed by atoms with Crippen LogP contribution in [-0.2, 0) is 10.0 Å². The summed E-state index contributed by atoms with van der Waals surface area (Å²) in [6.07, 6.45) is 12.5. The number of hydrogen-bond donors (Lipinski definition) is 3. The number of nitrogens with one attached hydrogen (secondary N) is 2. The van der Waals surface area contributed by atoms with Crippen LogP contribution in [0, 0.1) is 29.0 Å². The Balaban J connectivity index is 1.02. The number of rotatable bonds is 9. The molecule has 0 amide bonds. The molecule has 0 saturated heterocycles. The first-order valence-electron chi connectivity index (χ1n) is 14.6. The Bertz CT molecular complexity index is 1290. The van der Waals surface area contributed by atoms with E-state index in [1.807, 2.05) is 10.6 Å². The number of halogens is 1. The number of nitrogens with zero attached hydrogens (tertiary/aromatic N) is 2. The van der Waals surface area contributed by atoms with Crippen LogP contribution in [0.2, 0.25) is 0 Å². The molecule has 38 heavy (non-hydrogen) atoms. The lowest BCUT2D eigenvalue weighted by Crippen LogP contribution is -2.61. The molecular weight excluding hydrogens is 503 g/mol. The minimum atomic E-state index is -3.21. The van der Waals surface area contributed by atoms with E-state index in [2.05, 4.69) is 15.0 Å². The molecule has 2 aromatic rings. The van der Waals surface area contributed by atoms with Crippen molar-refractivity contribution in [3.05, 3.63) is 42.1 Å². The maximum Gasteiger partial charge on any atom is 0.214 e. The third-order valence-electron chi connectivity index (χ3n) is 10.7. The van der Waals surface area contributed by atoms with Gasteiger partial charge in [0, 0.05) is 30.3 Å². The first-order chi connectivity index (χ1) is 18.3. The zero-order valence-corrected chi connectivity index (χ0v) is 22.7. The molecule has 1 aromatic heterocycles. The topological polar surface area (TPSA) is 96.2 Å². The van der Waals surface area contributed by atoms with Crippen molar-refractivity contribution in [1.82, 2.24) is 19.6 Å². The first kappa shape index (κ1) is 25.2. The van der Waals surface area contributed by atoms with Crippen LogP contribution in [0.5, 0.6) is 0 Å². The average molecular weight is 543 g/mol. The molecule has 0 radical (unpaired) electrons. The molecule has 206 valence electrons. The second kappa shape index (κ2) is 9.39. The summed E-state index contributed by atoms with van der Waals surface area (Å²) in [6.45, 7) is 1.08. The third-order valence-corrected chi connectivity index (χ3v) is 12.6. The van der Waals surface area contributed by atoms with Gasteiger partial charge in [-0.2, -0.15) is 0 Å². The third kappa shape index (κ3) is 4.07. The van der Waals surface area contributed by atoms with Crippen molar-refractivity contribution in [2.24, 2.45) is 23.2 Å². The molecule has 5 saturated carbocycles. The Morgan fingerprint density at radius 3 is 2.66 bits per heavy atom. The molecule has 0 spiro atoms. The number of hydrogen-bond acceptors (Lipinski definition) is 5. The maximum atomic E-state index is 15.0. The summed E-state index contributed by atoms with van der Waals surface area (Å²) in [5.74, 6) is 1.43. The molecule has 1 aliphatic heterocycles. The standard InChI is InChI=1S/C29H39FN4O3S/c30-23-7-3-6-22-25-16-31-17-34(25)24(27(22)23)12-26(35)29-13-18-10-19(14-29)28(20(11-18)15-29)32-8-9-33-38(36,37)21-4-1-2-5-21/h3,6-7,16-21,24,26,28,32-33,35H,1-2,4-5,8-15H2. The van der Waals surface area contributed by atoms with Gasteiger partial charge in [0.1, 0.15) is 5.82 Å². The highest BCUT2D eigenvalue weighted by molar-refractivity contribution is 7.90. The lowest BCUT2D eigenvalue weighted by Gasteiger charge is -2.62. The molecule has 5 aliphatic carbocycles. The van der Waals surface area contributed by atoms with Crippen LogP contribution in [0.1, 0.15) is 75.8 Å². The Hall–Kier alpha value is -1.81. The Morgan fingerprint density at radius 2 is 1.89 bits per heavy atom. The summed E-state index contributed by atoms with van der Waals surface area (Å²) >= 11 is 0. The number of fused-ring (bicyclic) bond motifs is 3. The molecular formula is C29H39FN4O3S. The SMILES string of the molecule is O=S(=O)(NCCNC1C2CC3CC1CC(C(O)CC1c4c(F)cccc4-c4cncn41)(C3)C2)C1CCCC1. The van der Waals surface area contributed by atoms with Gasteiger partial charge in [-0.15, -0.1) is 0 Å². The van der Waals surface area contributed by atoms with E-state index in [1.54, 1.807) is 18.6 Å². The highest BCUT2D eigenvalue weighted by atomic mass is 32.2. The fourth-order valence-corrected chi connectivity index (χ4v) is 10.8. The lowest BCUT2D eigenvalue weighted by molar-refractivity contribution is -0.137. The van der Waals surface area contributed by atoms with Crippen LogP contribution < -0.4 is 10.0 Å². The van der Waals surface area contributed by atoms with E-state index in [9.17, 15) is 17.9 Å². The number of aliphatic hydroxyl groups excluding tert-OH is 1. The Morgan fingerprint density at radius 1 is 1.13 bits per heavy atom. The number of sulfonamides is 1. The van der Waals surface area contributed by atoms with Crippen LogP contribution in [0.15, 0.2) is 30.7 Å². The van der Waals surface area contributed by atoms with Gasteiger partial charge < -0.3 is 15.0 Å². The van der Waals surface area contributed by atoms with Crippen molar-refractivity contribution in [1.29, 1.82) is 0 Å². The molecule has 6 aliphatic rings. The molecule has 4 atom stereocenters. The van der Waals surface area contributed by atoms with Gasteiger partial charge in [-0.1, -0.05) is 25.0 Å². The zero-order chi connectivity index (χ0) is 26.1. The molecule has 4 bridgehead atoms. The number of aliphatic hydroxyl groups is 1. The Labute approximate surface area is 224 Å². The van der Waals surface area contributed by atoms with E-state index < -0.39 is 16.1 Å². The van der Waals surface area contributed by atoms with Crippen molar-refractivity contribution in [2.45, 2.75) is 87.6 Å². The highest BCUT2D eigenvalue weighted by Crippen LogP contribution is 2.62. The summed E-state index contributed by atoms with van der Waals surface area (Å²) in [5.41, 5.74) is 2.38. The maximum absolute atomic E-state index is 15.0. The number of imidazole rings is 1. The molecule has 5 fully saturated rings. The van der Waals surface area contributed by atoms with E-state index >= 15 is 0 Å². The van der Waals surface area contributed by atoms with Gasteiger partial charge in [0.2, 0.25) is 10.0 Å². The van der Waals surface area contributed by atoms with Crippen LogP contribution in [-0.4, -0.2) is 53.6 Å². The predicted molar refractivity (Wildman–Crippen MR) is 143 cm³/mol. The van der Waals surface area contributed by atoms with Gasteiger partial charge in [0.25, 0.3) is 0 Å². The second-order valence-electron chi connectivity index (χ2n) is 12.8. The Kier molecular flexibility index (Phi) is 6.22. The largest absolute Gasteiger partial charge is 0.392 e. The zero-order valence-electron chi connectivity index (χ0n) is 21.9. The smallest absolute Gasteiger partial charge is 0.214 e. The van der Waals surface area contributed by atoms with E-state index in [0.717, 1.165) is 56.2 Å². The van der Waals surface area contributed by atoms with Gasteiger partial charge in [0.05, 0.1) is 35.6 Å². The molecule has 2 heterocycles. The van der Waals surface area contributed by atoms with Crippen molar-refractivity contribution >= 4 is 10.0 Å². The van der Waals surface area contributed by atoms with Crippen LogP contribution >= 0.6 is 0 Å². The van der Waals surface area contributed by atoms with E-state index in [1.165, 1.54) is 18.9 Å². The number of benzene rings is 1. The fourth-order valence-electron chi connectivity index (χ4n) is 9.27. The summed E-state index contributed by atoms with van der Waals surface area (Å²) in [6, 6.07) is 5.37. The van der Waals surface area contributed by atoms with Crippen LogP contribution in [0.3, 0.4) is 0 Å². The van der Waals surface area contributed by atoms with Gasteiger partial charge in [0.15, 0.2) is 0 Å². The summed E-state index contributed by atoms with van der Waals surface area (Å²) in [4.78, 5) is 4.31. The van der Waals surface area contributed by atoms with Crippen molar-refractivity contribution < 1.29 is 17.9 Å². The molecule has 4 unspecified atom stereocenters. The predicted octanol–water partition coefficient (Wildman–Crippen LogP) is 3.99. The second-order valence-corrected chi connectivity index (χ2v) is 14.9. The normalized spacial score (nSPS) is 34.5. The highest BCUT2D eigenvalue weighted by Gasteiger charge is 2.58. The monoisotopic (exact) mass is 542 g/mol. The lowest BCUT2D eigenvalue weighted by atomic mass is 9.46. The van der Waals surface area contributed by atoms with E-state index in [0.29, 0.717) is 48.9 Å². The average Bonchev–Trinajstić information content (AvgIpc) is 3.63.